The number of carbonyl (C=O) groups excluding carboxylic acids is 1. The van der Waals surface area contributed by atoms with Gasteiger partial charge in [-0.3, -0.25) is 4.98 Å². The van der Waals surface area contributed by atoms with Gasteiger partial charge in [-0.15, -0.1) is 0 Å². The van der Waals surface area contributed by atoms with Crippen LogP contribution in [0.3, 0.4) is 0 Å². The molecule has 0 aliphatic rings. The minimum atomic E-state index is -0.373. The average Bonchev–Trinajstić information content (AvgIpc) is 2.93. The lowest BCUT2D eigenvalue weighted by atomic mass is 10.2. The first-order chi connectivity index (χ1) is 9.33. The van der Waals surface area contributed by atoms with Crippen LogP contribution in [0.25, 0.3) is 11.0 Å². The molecular formula is C14H11N3O2. The molecule has 5 heteroatoms. The Morgan fingerprint density at radius 1 is 1.21 bits per heavy atom. The van der Waals surface area contributed by atoms with Crippen molar-refractivity contribution in [2.45, 2.75) is 6.61 Å². The number of H-pyrrole nitrogens is 1. The van der Waals surface area contributed by atoms with E-state index >= 15 is 0 Å². The number of nitrogens with zero attached hydrogens (tertiary/aromatic N) is 2. The maximum absolute atomic E-state index is 11.9. The molecule has 0 saturated heterocycles. The summed E-state index contributed by atoms with van der Waals surface area (Å²) in [5, 5.41) is 0. The Labute approximate surface area is 109 Å². The molecule has 0 fully saturated rings. The Bertz CT molecular complexity index is 707. The zero-order valence-corrected chi connectivity index (χ0v) is 10.0. The van der Waals surface area contributed by atoms with E-state index in [0.717, 1.165) is 16.7 Å². The highest BCUT2D eigenvalue weighted by Gasteiger charge is 2.09. The largest absolute Gasteiger partial charge is 0.456 e. The second-order valence-corrected chi connectivity index (χ2v) is 4.03. The summed E-state index contributed by atoms with van der Waals surface area (Å²) in [4.78, 5) is 23.0. The van der Waals surface area contributed by atoms with Gasteiger partial charge in [0.15, 0.2) is 0 Å². The summed E-state index contributed by atoms with van der Waals surface area (Å²) >= 11 is 0. The van der Waals surface area contributed by atoms with Crippen LogP contribution in [0.15, 0.2) is 48.9 Å². The van der Waals surface area contributed by atoms with E-state index in [0.29, 0.717) is 5.56 Å². The number of benzene rings is 1. The van der Waals surface area contributed by atoms with Crippen LogP contribution in [-0.4, -0.2) is 20.9 Å². The van der Waals surface area contributed by atoms with Crippen LogP contribution in [-0.2, 0) is 11.3 Å². The van der Waals surface area contributed by atoms with Crippen molar-refractivity contribution in [3.63, 3.8) is 0 Å². The number of aromatic amines is 1. The van der Waals surface area contributed by atoms with Gasteiger partial charge in [0.1, 0.15) is 6.61 Å². The van der Waals surface area contributed by atoms with Crippen LogP contribution in [0.2, 0.25) is 0 Å². The first-order valence-corrected chi connectivity index (χ1v) is 5.83. The lowest BCUT2D eigenvalue weighted by Crippen LogP contribution is -2.05. The van der Waals surface area contributed by atoms with Gasteiger partial charge in [0.05, 0.1) is 28.6 Å². The van der Waals surface area contributed by atoms with E-state index in [9.17, 15) is 4.79 Å². The maximum Gasteiger partial charge on any atom is 0.338 e. The van der Waals surface area contributed by atoms with Crippen LogP contribution in [0, 0.1) is 0 Å². The Hall–Kier alpha value is -2.69. The summed E-state index contributed by atoms with van der Waals surface area (Å²) in [6.07, 6.45) is 3.26. The molecule has 0 spiro atoms. The number of aromatic nitrogens is 3. The van der Waals surface area contributed by atoms with Crippen molar-refractivity contribution in [3.05, 3.63) is 60.2 Å². The average molecular weight is 253 g/mol. The van der Waals surface area contributed by atoms with Crippen molar-refractivity contribution in [2.24, 2.45) is 0 Å². The lowest BCUT2D eigenvalue weighted by Gasteiger charge is -2.04. The third-order valence-corrected chi connectivity index (χ3v) is 2.73. The van der Waals surface area contributed by atoms with Gasteiger partial charge in [-0.25, -0.2) is 9.78 Å². The first kappa shape index (κ1) is 11.4. The third kappa shape index (κ3) is 2.44. The second kappa shape index (κ2) is 4.89. The summed E-state index contributed by atoms with van der Waals surface area (Å²) in [7, 11) is 0. The molecule has 2 heterocycles. The number of carbonyl (C=O) groups is 1. The monoisotopic (exact) mass is 253 g/mol. The van der Waals surface area contributed by atoms with Crippen molar-refractivity contribution >= 4 is 17.0 Å². The molecule has 3 aromatic rings. The number of pyridine rings is 1. The van der Waals surface area contributed by atoms with Crippen molar-refractivity contribution in [2.75, 3.05) is 0 Å². The number of fused-ring (bicyclic) bond motifs is 1. The van der Waals surface area contributed by atoms with Gasteiger partial charge in [-0.2, -0.15) is 0 Å². The Morgan fingerprint density at radius 3 is 3.00 bits per heavy atom. The zero-order chi connectivity index (χ0) is 13.1. The van der Waals surface area contributed by atoms with Gasteiger partial charge < -0.3 is 9.72 Å². The van der Waals surface area contributed by atoms with Crippen LogP contribution >= 0.6 is 0 Å². The van der Waals surface area contributed by atoms with E-state index in [1.54, 1.807) is 30.7 Å². The number of imidazole rings is 1. The summed E-state index contributed by atoms with van der Waals surface area (Å²) in [6.45, 7) is 0.167. The summed E-state index contributed by atoms with van der Waals surface area (Å²) in [5.41, 5.74) is 2.85. The van der Waals surface area contributed by atoms with Crippen LogP contribution in [0.5, 0.6) is 0 Å². The minimum Gasteiger partial charge on any atom is -0.456 e. The van der Waals surface area contributed by atoms with E-state index in [1.165, 1.54) is 0 Å². The van der Waals surface area contributed by atoms with E-state index < -0.39 is 0 Å². The number of hydrogen-bond acceptors (Lipinski definition) is 4. The standard InChI is InChI=1S/C14H11N3O2/c18-14(19-8-11-3-1-2-6-15-11)10-4-5-12-13(7-10)17-9-16-12/h1-7,9H,8H2,(H,16,17). The number of esters is 1. The quantitative estimate of drug-likeness (QED) is 0.727. The number of ether oxygens (including phenoxy) is 1. The van der Waals surface area contributed by atoms with E-state index in [1.807, 2.05) is 18.2 Å². The SMILES string of the molecule is O=C(OCc1ccccn1)c1ccc2nc[nH]c2c1. The molecule has 1 aromatic carbocycles. The highest BCUT2D eigenvalue weighted by atomic mass is 16.5. The topological polar surface area (TPSA) is 67.9 Å². The Balaban J connectivity index is 1.73. The predicted molar refractivity (Wildman–Crippen MR) is 69.5 cm³/mol. The fourth-order valence-corrected chi connectivity index (χ4v) is 1.77. The molecule has 2 aromatic heterocycles. The molecule has 0 radical (unpaired) electrons. The summed E-state index contributed by atoms with van der Waals surface area (Å²) in [5.74, 6) is -0.373. The molecule has 94 valence electrons. The molecule has 0 aliphatic heterocycles. The van der Waals surface area contributed by atoms with Crippen molar-refractivity contribution in [3.8, 4) is 0 Å². The minimum absolute atomic E-state index is 0.167. The second-order valence-electron chi connectivity index (χ2n) is 4.03. The van der Waals surface area contributed by atoms with Gasteiger partial charge in [-0.1, -0.05) is 6.07 Å². The number of rotatable bonds is 3. The third-order valence-electron chi connectivity index (χ3n) is 2.73. The van der Waals surface area contributed by atoms with E-state index in [4.69, 9.17) is 4.74 Å². The first-order valence-electron chi connectivity index (χ1n) is 5.83. The molecule has 0 saturated carbocycles. The van der Waals surface area contributed by atoms with Crippen LogP contribution < -0.4 is 0 Å². The smallest absolute Gasteiger partial charge is 0.338 e. The predicted octanol–water partition coefficient (Wildman–Crippen LogP) is 2.31. The van der Waals surface area contributed by atoms with Crippen molar-refractivity contribution < 1.29 is 9.53 Å². The number of nitrogens with one attached hydrogen (secondary N) is 1. The molecule has 0 bridgehead atoms. The van der Waals surface area contributed by atoms with E-state index in [2.05, 4.69) is 15.0 Å². The molecular weight excluding hydrogens is 242 g/mol. The van der Waals surface area contributed by atoms with Crippen LogP contribution in [0.1, 0.15) is 16.1 Å². The highest BCUT2D eigenvalue weighted by Crippen LogP contribution is 2.13. The lowest BCUT2D eigenvalue weighted by molar-refractivity contribution is 0.0468. The Morgan fingerprint density at radius 2 is 2.16 bits per heavy atom. The molecule has 0 atom stereocenters. The Kier molecular flexibility index (Phi) is 2.94. The van der Waals surface area contributed by atoms with Crippen molar-refractivity contribution in [1.82, 2.24) is 15.0 Å². The van der Waals surface area contributed by atoms with Gasteiger partial charge in [0.2, 0.25) is 0 Å². The molecule has 0 amide bonds. The van der Waals surface area contributed by atoms with E-state index in [-0.39, 0.29) is 12.6 Å². The molecule has 5 nitrogen and oxygen atoms in total. The van der Waals surface area contributed by atoms with Crippen molar-refractivity contribution in [1.29, 1.82) is 0 Å². The zero-order valence-electron chi connectivity index (χ0n) is 10.0. The summed E-state index contributed by atoms with van der Waals surface area (Å²) in [6, 6.07) is 10.7. The molecule has 1 N–H and O–H groups in total. The molecule has 3 rings (SSSR count). The molecule has 19 heavy (non-hydrogen) atoms. The fourth-order valence-electron chi connectivity index (χ4n) is 1.77. The van der Waals surface area contributed by atoms with Gasteiger partial charge >= 0.3 is 5.97 Å². The molecule has 0 aliphatic carbocycles. The van der Waals surface area contributed by atoms with Gasteiger partial charge in [-0.05, 0) is 30.3 Å². The van der Waals surface area contributed by atoms with Gasteiger partial charge in [0, 0.05) is 6.20 Å². The highest BCUT2D eigenvalue weighted by molar-refractivity contribution is 5.93. The summed E-state index contributed by atoms with van der Waals surface area (Å²) < 4.78 is 5.20. The normalized spacial score (nSPS) is 10.5. The van der Waals surface area contributed by atoms with Gasteiger partial charge in [0.25, 0.3) is 0 Å². The maximum atomic E-state index is 11.9. The van der Waals surface area contributed by atoms with Crippen LogP contribution in [0.4, 0.5) is 0 Å². The number of hydrogen-bond donors (Lipinski definition) is 1. The molecule has 0 unspecified atom stereocenters. The fraction of sp³-hybridized carbons (Fsp3) is 0.0714.